The van der Waals surface area contributed by atoms with E-state index in [1.54, 1.807) is 0 Å². The molecule has 24 heavy (non-hydrogen) atoms. The maximum atomic E-state index is 11.1. The SMILES string of the molecule is O=C(O)[C@H]1CCCN1CCOc1ccc(Oc2ccccc2)cc1. The molecule has 1 fully saturated rings. The Bertz CT molecular complexity index is 657. The van der Waals surface area contributed by atoms with Crippen LogP contribution in [0.2, 0.25) is 0 Å². The van der Waals surface area contributed by atoms with Crippen molar-refractivity contribution in [2.24, 2.45) is 0 Å². The van der Waals surface area contributed by atoms with Crippen LogP contribution in [0.15, 0.2) is 54.6 Å². The summed E-state index contributed by atoms with van der Waals surface area (Å²) in [5, 5.41) is 9.16. The second-order valence-corrected chi connectivity index (χ2v) is 5.77. The van der Waals surface area contributed by atoms with Crippen molar-refractivity contribution < 1.29 is 19.4 Å². The Kier molecular flexibility index (Phi) is 5.33. The molecule has 2 aromatic rings. The molecular weight excluding hydrogens is 306 g/mol. The highest BCUT2D eigenvalue weighted by Crippen LogP contribution is 2.23. The number of rotatable bonds is 7. The van der Waals surface area contributed by atoms with E-state index in [1.165, 1.54) is 0 Å². The van der Waals surface area contributed by atoms with E-state index in [0.717, 1.165) is 36.6 Å². The molecule has 5 nitrogen and oxygen atoms in total. The summed E-state index contributed by atoms with van der Waals surface area (Å²) >= 11 is 0. The summed E-state index contributed by atoms with van der Waals surface area (Å²) in [4.78, 5) is 13.1. The van der Waals surface area contributed by atoms with Crippen molar-refractivity contribution in [3.05, 3.63) is 54.6 Å². The largest absolute Gasteiger partial charge is 0.492 e. The number of nitrogens with zero attached hydrogens (tertiary/aromatic N) is 1. The molecule has 1 aliphatic rings. The molecule has 1 saturated heterocycles. The average molecular weight is 327 g/mol. The van der Waals surface area contributed by atoms with E-state index in [9.17, 15) is 4.79 Å². The molecule has 1 N–H and O–H groups in total. The van der Waals surface area contributed by atoms with Gasteiger partial charge in [0.2, 0.25) is 0 Å². The smallest absolute Gasteiger partial charge is 0.320 e. The Balaban J connectivity index is 1.47. The van der Waals surface area contributed by atoms with Crippen LogP contribution in [0.5, 0.6) is 17.2 Å². The fourth-order valence-corrected chi connectivity index (χ4v) is 2.88. The van der Waals surface area contributed by atoms with Gasteiger partial charge in [-0.3, -0.25) is 9.69 Å². The second kappa shape index (κ2) is 7.84. The summed E-state index contributed by atoms with van der Waals surface area (Å²) in [6.45, 7) is 1.92. The first kappa shape index (κ1) is 16.3. The van der Waals surface area contributed by atoms with Gasteiger partial charge in [-0.1, -0.05) is 18.2 Å². The summed E-state index contributed by atoms with van der Waals surface area (Å²) in [5.74, 6) is 1.55. The fourth-order valence-electron chi connectivity index (χ4n) is 2.88. The molecule has 5 heteroatoms. The predicted octanol–water partition coefficient (Wildman–Crippen LogP) is 3.41. The third-order valence-electron chi connectivity index (χ3n) is 4.10. The number of hydrogen-bond donors (Lipinski definition) is 1. The number of carboxylic acids is 1. The van der Waals surface area contributed by atoms with Gasteiger partial charge in [-0.15, -0.1) is 0 Å². The zero-order chi connectivity index (χ0) is 16.8. The second-order valence-electron chi connectivity index (χ2n) is 5.77. The lowest BCUT2D eigenvalue weighted by molar-refractivity contribution is -0.142. The van der Waals surface area contributed by atoms with Gasteiger partial charge in [0, 0.05) is 6.54 Å². The fraction of sp³-hybridized carbons (Fsp3) is 0.316. The lowest BCUT2D eigenvalue weighted by Crippen LogP contribution is -2.38. The van der Waals surface area contributed by atoms with E-state index in [0.29, 0.717) is 13.2 Å². The van der Waals surface area contributed by atoms with E-state index in [-0.39, 0.29) is 6.04 Å². The first-order valence-electron chi connectivity index (χ1n) is 8.15. The van der Waals surface area contributed by atoms with Crippen molar-refractivity contribution in [2.75, 3.05) is 19.7 Å². The van der Waals surface area contributed by atoms with Gasteiger partial charge in [-0.05, 0) is 55.8 Å². The molecule has 0 radical (unpaired) electrons. The number of ether oxygens (including phenoxy) is 2. The molecule has 3 rings (SSSR count). The van der Waals surface area contributed by atoms with E-state index in [1.807, 2.05) is 59.5 Å². The van der Waals surface area contributed by atoms with E-state index >= 15 is 0 Å². The molecule has 0 aliphatic carbocycles. The summed E-state index contributed by atoms with van der Waals surface area (Å²) in [6, 6.07) is 16.7. The van der Waals surface area contributed by atoms with Crippen molar-refractivity contribution in [3.63, 3.8) is 0 Å². The number of carbonyl (C=O) groups is 1. The zero-order valence-corrected chi connectivity index (χ0v) is 13.4. The molecule has 0 aromatic heterocycles. The van der Waals surface area contributed by atoms with Crippen LogP contribution < -0.4 is 9.47 Å². The minimum absolute atomic E-state index is 0.366. The third-order valence-corrected chi connectivity index (χ3v) is 4.10. The normalized spacial score (nSPS) is 17.6. The zero-order valence-electron chi connectivity index (χ0n) is 13.4. The summed E-state index contributed by atoms with van der Waals surface area (Å²) in [5.41, 5.74) is 0. The molecule has 0 saturated carbocycles. The van der Waals surface area contributed by atoms with Gasteiger partial charge >= 0.3 is 5.97 Å². The molecule has 0 amide bonds. The lowest BCUT2D eigenvalue weighted by Gasteiger charge is -2.20. The number of benzene rings is 2. The molecule has 126 valence electrons. The van der Waals surface area contributed by atoms with Crippen LogP contribution in [-0.2, 0) is 4.79 Å². The molecule has 0 bridgehead atoms. The Morgan fingerprint density at radius 1 is 1.04 bits per heavy atom. The number of carboxylic acid groups (broad SMARTS) is 1. The van der Waals surface area contributed by atoms with E-state index in [4.69, 9.17) is 14.6 Å². The maximum Gasteiger partial charge on any atom is 0.320 e. The highest BCUT2D eigenvalue weighted by Gasteiger charge is 2.29. The van der Waals surface area contributed by atoms with E-state index in [2.05, 4.69) is 0 Å². The van der Waals surface area contributed by atoms with E-state index < -0.39 is 5.97 Å². The predicted molar refractivity (Wildman–Crippen MR) is 90.7 cm³/mol. The molecular formula is C19H21NO4. The molecule has 0 unspecified atom stereocenters. The van der Waals surface area contributed by atoms with Gasteiger partial charge in [0.25, 0.3) is 0 Å². The van der Waals surface area contributed by atoms with Gasteiger partial charge < -0.3 is 14.6 Å². The summed E-state index contributed by atoms with van der Waals surface area (Å²) in [7, 11) is 0. The number of likely N-dealkylation sites (tertiary alicyclic amines) is 1. The van der Waals surface area contributed by atoms with Crippen LogP contribution in [0.1, 0.15) is 12.8 Å². The maximum absolute atomic E-state index is 11.1. The summed E-state index contributed by atoms with van der Waals surface area (Å²) in [6.07, 6.45) is 1.66. The van der Waals surface area contributed by atoms with Gasteiger partial charge in [-0.25, -0.2) is 0 Å². The minimum Gasteiger partial charge on any atom is -0.492 e. The highest BCUT2D eigenvalue weighted by atomic mass is 16.5. The molecule has 1 heterocycles. The van der Waals surface area contributed by atoms with Gasteiger partial charge in [0.1, 0.15) is 29.9 Å². The van der Waals surface area contributed by atoms with Crippen molar-refractivity contribution in [3.8, 4) is 17.2 Å². The monoisotopic (exact) mass is 327 g/mol. The Morgan fingerprint density at radius 3 is 2.42 bits per heavy atom. The van der Waals surface area contributed by atoms with Crippen molar-refractivity contribution in [2.45, 2.75) is 18.9 Å². The lowest BCUT2D eigenvalue weighted by atomic mass is 10.2. The number of para-hydroxylation sites is 1. The van der Waals surface area contributed by atoms with Gasteiger partial charge in [0.15, 0.2) is 0 Å². The molecule has 1 atom stereocenters. The molecule has 0 spiro atoms. The van der Waals surface area contributed by atoms with Crippen LogP contribution in [0, 0.1) is 0 Å². The quantitative estimate of drug-likeness (QED) is 0.844. The van der Waals surface area contributed by atoms with Gasteiger partial charge in [0.05, 0.1) is 0 Å². The summed E-state index contributed by atoms with van der Waals surface area (Å²) < 4.78 is 11.4. The molecule has 2 aromatic carbocycles. The highest BCUT2D eigenvalue weighted by molar-refractivity contribution is 5.73. The standard InChI is InChI=1S/C19H21NO4/c21-19(22)18-7-4-12-20(18)13-14-23-15-8-10-17(11-9-15)24-16-5-2-1-3-6-16/h1-3,5-6,8-11,18H,4,7,12-14H2,(H,21,22)/t18-/m1/s1. The van der Waals surface area contributed by atoms with Crippen LogP contribution in [-0.4, -0.2) is 41.7 Å². The first-order chi connectivity index (χ1) is 11.7. The first-order valence-corrected chi connectivity index (χ1v) is 8.15. The van der Waals surface area contributed by atoms with Crippen LogP contribution in [0.25, 0.3) is 0 Å². The van der Waals surface area contributed by atoms with Crippen molar-refractivity contribution in [1.29, 1.82) is 0 Å². The van der Waals surface area contributed by atoms with Crippen LogP contribution in [0.3, 0.4) is 0 Å². The Hall–Kier alpha value is -2.53. The van der Waals surface area contributed by atoms with Crippen molar-refractivity contribution >= 4 is 5.97 Å². The minimum atomic E-state index is -0.741. The van der Waals surface area contributed by atoms with Crippen LogP contribution in [0.4, 0.5) is 0 Å². The number of hydrogen-bond acceptors (Lipinski definition) is 4. The third kappa shape index (κ3) is 4.26. The van der Waals surface area contributed by atoms with Crippen LogP contribution >= 0.6 is 0 Å². The number of aliphatic carboxylic acids is 1. The Labute approximate surface area is 141 Å². The van der Waals surface area contributed by atoms with Crippen molar-refractivity contribution in [1.82, 2.24) is 4.90 Å². The topological polar surface area (TPSA) is 59.0 Å². The molecule has 1 aliphatic heterocycles. The van der Waals surface area contributed by atoms with Gasteiger partial charge in [-0.2, -0.15) is 0 Å². The Morgan fingerprint density at radius 2 is 1.71 bits per heavy atom. The average Bonchev–Trinajstić information content (AvgIpc) is 3.06.